The average Bonchev–Trinajstić information content (AvgIpc) is 3.12. The van der Waals surface area contributed by atoms with Crippen LogP contribution in [0.1, 0.15) is 68.1 Å². The van der Waals surface area contributed by atoms with Gasteiger partial charge >= 0.3 is 0 Å². The second kappa shape index (κ2) is 7.71. The van der Waals surface area contributed by atoms with E-state index < -0.39 is 0 Å². The van der Waals surface area contributed by atoms with E-state index in [0.717, 1.165) is 30.7 Å². The molecule has 0 saturated heterocycles. The molecule has 2 amide bonds. The lowest BCUT2D eigenvalue weighted by atomic mass is 9.49. The van der Waals surface area contributed by atoms with E-state index >= 15 is 0 Å². The third-order valence-corrected chi connectivity index (χ3v) is 7.48. The number of carbonyl (C=O) groups excluding carboxylic acids is 2. The number of amides is 2. The van der Waals surface area contributed by atoms with Crippen LogP contribution in [-0.2, 0) is 4.79 Å². The van der Waals surface area contributed by atoms with Gasteiger partial charge in [-0.25, -0.2) is 0 Å². The van der Waals surface area contributed by atoms with Crippen LogP contribution in [0.2, 0.25) is 0 Å². The molecule has 1 aromatic rings. The Morgan fingerprint density at radius 2 is 1.73 bits per heavy atom. The molecule has 2 N–H and O–H groups in total. The normalized spacial score (nSPS) is 31.8. The fourth-order valence-electron chi connectivity index (χ4n) is 6.10. The van der Waals surface area contributed by atoms with Crippen molar-refractivity contribution in [3.05, 3.63) is 22.4 Å². The standard InChI is InChI=1S/C21H30N2O2S/c24-19(2-1-5-23-20(25)18-3-7-26-14-18)22-6-4-21-11-15-8-16(12-21)10-17(9-15)13-21/h3,7,14-17H,1-2,4-6,8-13H2,(H,22,24)(H,23,25). The van der Waals surface area contributed by atoms with Crippen LogP contribution in [0.3, 0.4) is 0 Å². The lowest BCUT2D eigenvalue weighted by Gasteiger charge is -2.57. The highest BCUT2D eigenvalue weighted by atomic mass is 32.1. The van der Waals surface area contributed by atoms with Gasteiger partial charge in [0.05, 0.1) is 0 Å². The first-order chi connectivity index (χ1) is 12.6. The third kappa shape index (κ3) is 4.13. The van der Waals surface area contributed by atoms with Crippen molar-refractivity contribution in [2.45, 2.75) is 57.8 Å². The van der Waals surface area contributed by atoms with Crippen molar-refractivity contribution >= 4 is 23.2 Å². The van der Waals surface area contributed by atoms with Gasteiger partial charge in [-0.05, 0) is 86.0 Å². The van der Waals surface area contributed by atoms with Gasteiger partial charge in [0.1, 0.15) is 0 Å². The zero-order valence-corrected chi connectivity index (χ0v) is 16.3. The maximum Gasteiger partial charge on any atom is 0.252 e. The van der Waals surface area contributed by atoms with Gasteiger partial charge in [-0.3, -0.25) is 9.59 Å². The molecule has 142 valence electrons. The maximum absolute atomic E-state index is 12.1. The van der Waals surface area contributed by atoms with E-state index in [1.54, 1.807) is 0 Å². The zero-order chi connectivity index (χ0) is 18.0. The Kier molecular flexibility index (Phi) is 5.35. The molecule has 4 aliphatic carbocycles. The number of hydrogen-bond acceptors (Lipinski definition) is 3. The van der Waals surface area contributed by atoms with E-state index in [0.29, 0.717) is 30.4 Å². The molecule has 4 aliphatic rings. The summed E-state index contributed by atoms with van der Waals surface area (Å²) in [4.78, 5) is 23.9. The first-order valence-electron chi connectivity index (χ1n) is 10.2. The Balaban J connectivity index is 1.11. The fourth-order valence-corrected chi connectivity index (χ4v) is 6.73. The van der Waals surface area contributed by atoms with Gasteiger partial charge in [0, 0.05) is 30.5 Å². The van der Waals surface area contributed by atoms with Gasteiger partial charge in [0.25, 0.3) is 5.91 Å². The molecule has 0 radical (unpaired) electrons. The van der Waals surface area contributed by atoms with Crippen molar-refractivity contribution in [1.29, 1.82) is 0 Å². The van der Waals surface area contributed by atoms with Crippen LogP contribution >= 0.6 is 11.3 Å². The van der Waals surface area contributed by atoms with Gasteiger partial charge in [0.15, 0.2) is 0 Å². The van der Waals surface area contributed by atoms with Crippen molar-refractivity contribution in [2.75, 3.05) is 13.1 Å². The van der Waals surface area contributed by atoms with Gasteiger partial charge in [-0.2, -0.15) is 11.3 Å². The summed E-state index contributed by atoms with van der Waals surface area (Å²) in [5.41, 5.74) is 1.24. The Bertz CT molecular complexity index is 605. The Morgan fingerprint density at radius 1 is 1.04 bits per heavy atom. The lowest BCUT2D eigenvalue weighted by Crippen LogP contribution is -2.47. The molecule has 1 heterocycles. The van der Waals surface area contributed by atoms with Crippen LogP contribution in [0.5, 0.6) is 0 Å². The van der Waals surface area contributed by atoms with Crippen LogP contribution in [-0.4, -0.2) is 24.9 Å². The fraction of sp³-hybridized carbons (Fsp3) is 0.714. The van der Waals surface area contributed by atoms with Crippen LogP contribution in [0.15, 0.2) is 16.8 Å². The Morgan fingerprint density at radius 3 is 2.35 bits per heavy atom. The van der Waals surface area contributed by atoms with E-state index in [4.69, 9.17) is 0 Å². The summed E-state index contributed by atoms with van der Waals surface area (Å²) in [7, 11) is 0. The molecule has 0 spiro atoms. The van der Waals surface area contributed by atoms with E-state index in [9.17, 15) is 9.59 Å². The largest absolute Gasteiger partial charge is 0.356 e. The summed E-state index contributed by atoms with van der Waals surface area (Å²) in [6, 6.07) is 1.82. The lowest BCUT2D eigenvalue weighted by molar-refractivity contribution is -0.121. The maximum atomic E-state index is 12.1. The van der Waals surface area contributed by atoms with Crippen LogP contribution in [0, 0.1) is 23.2 Å². The van der Waals surface area contributed by atoms with Crippen LogP contribution in [0.25, 0.3) is 0 Å². The highest BCUT2D eigenvalue weighted by Crippen LogP contribution is 2.61. The molecule has 4 fully saturated rings. The van der Waals surface area contributed by atoms with Gasteiger partial charge in [-0.15, -0.1) is 0 Å². The quantitative estimate of drug-likeness (QED) is 0.676. The molecule has 0 aromatic carbocycles. The third-order valence-electron chi connectivity index (χ3n) is 6.79. The summed E-state index contributed by atoms with van der Waals surface area (Å²) in [5.74, 6) is 3.00. The molecule has 4 bridgehead atoms. The zero-order valence-electron chi connectivity index (χ0n) is 15.5. The minimum Gasteiger partial charge on any atom is -0.356 e. The summed E-state index contributed by atoms with van der Waals surface area (Å²) in [6.07, 6.45) is 11.0. The molecule has 4 saturated carbocycles. The molecule has 0 unspecified atom stereocenters. The van der Waals surface area contributed by atoms with Crippen molar-refractivity contribution in [1.82, 2.24) is 10.6 Å². The monoisotopic (exact) mass is 374 g/mol. The number of thiophene rings is 1. The minimum absolute atomic E-state index is 0.0477. The average molecular weight is 375 g/mol. The minimum atomic E-state index is -0.0477. The number of carbonyl (C=O) groups is 2. The molecular formula is C21H30N2O2S. The second-order valence-electron chi connectivity index (χ2n) is 8.89. The highest BCUT2D eigenvalue weighted by molar-refractivity contribution is 7.08. The topological polar surface area (TPSA) is 58.2 Å². The van der Waals surface area contributed by atoms with Crippen LogP contribution < -0.4 is 10.6 Å². The number of rotatable bonds is 8. The van der Waals surface area contributed by atoms with E-state index in [2.05, 4.69) is 10.6 Å². The van der Waals surface area contributed by atoms with E-state index in [1.165, 1.54) is 49.9 Å². The van der Waals surface area contributed by atoms with E-state index in [1.807, 2.05) is 16.8 Å². The molecule has 1 aromatic heterocycles. The summed E-state index contributed by atoms with van der Waals surface area (Å²) >= 11 is 1.52. The van der Waals surface area contributed by atoms with Crippen molar-refractivity contribution in [3.63, 3.8) is 0 Å². The highest BCUT2D eigenvalue weighted by Gasteiger charge is 2.50. The molecule has 4 nitrogen and oxygen atoms in total. The van der Waals surface area contributed by atoms with Gasteiger partial charge < -0.3 is 10.6 Å². The second-order valence-corrected chi connectivity index (χ2v) is 9.67. The molecule has 0 aliphatic heterocycles. The van der Waals surface area contributed by atoms with Crippen LogP contribution in [0.4, 0.5) is 0 Å². The van der Waals surface area contributed by atoms with E-state index in [-0.39, 0.29) is 11.8 Å². The predicted molar refractivity (Wildman–Crippen MR) is 104 cm³/mol. The number of hydrogen-bond donors (Lipinski definition) is 2. The Labute approximate surface area is 160 Å². The summed E-state index contributed by atoms with van der Waals surface area (Å²) in [6.45, 7) is 1.38. The molecule has 26 heavy (non-hydrogen) atoms. The first-order valence-corrected chi connectivity index (χ1v) is 11.1. The van der Waals surface area contributed by atoms with Crippen molar-refractivity contribution < 1.29 is 9.59 Å². The predicted octanol–water partition coefficient (Wildman–Crippen LogP) is 3.98. The molecule has 5 rings (SSSR count). The summed E-state index contributed by atoms with van der Waals surface area (Å²) in [5, 5.41) is 9.73. The van der Waals surface area contributed by atoms with Crippen molar-refractivity contribution in [2.24, 2.45) is 23.2 Å². The number of nitrogens with one attached hydrogen (secondary N) is 2. The molecule has 5 heteroatoms. The Hall–Kier alpha value is -1.36. The molecular weight excluding hydrogens is 344 g/mol. The van der Waals surface area contributed by atoms with Crippen molar-refractivity contribution in [3.8, 4) is 0 Å². The van der Waals surface area contributed by atoms with Gasteiger partial charge in [0.2, 0.25) is 5.91 Å². The van der Waals surface area contributed by atoms with Gasteiger partial charge in [-0.1, -0.05) is 0 Å². The SMILES string of the molecule is O=C(CCCNC(=O)c1ccsc1)NCCC12CC3CC(CC(C3)C1)C2. The summed E-state index contributed by atoms with van der Waals surface area (Å²) < 4.78 is 0. The molecule has 0 atom stereocenters. The first kappa shape index (κ1) is 18.0. The smallest absolute Gasteiger partial charge is 0.252 e.